The lowest BCUT2D eigenvalue weighted by molar-refractivity contribution is -0.0272. The van der Waals surface area contributed by atoms with Crippen LogP contribution in [0.4, 0.5) is 5.82 Å². The predicted octanol–water partition coefficient (Wildman–Crippen LogP) is -2.08. The van der Waals surface area contributed by atoms with E-state index in [1.165, 1.54) is 10.8 Å². The average molecular weight is 256 g/mol. The molecule has 8 nitrogen and oxygen atoms in total. The first kappa shape index (κ1) is 13.0. The van der Waals surface area contributed by atoms with Gasteiger partial charge < -0.3 is 26.4 Å². The van der Waals surface area contributed by atoms with Crippen molar-refractivity contribution < 1.29 is 14.9 Å². The highest BCUT2D eigenvalue weighted by Gasteiger charge is 2.34. The number of nitrogens with zero attached hydrogens (tertiary/aromatic N) is 2. The van der Waals surface area contributed by atoms with Crippen LogP contribution < -0.4 is 17.2 Å². The maximum atomic E-state index is 11.7. The van der Waals surface area contributed by atoms with Crippen molar-refractivity contribution in [1.29, 1.82) is 0 Å². The van der Waals surface area contributed by atoms with E-state index in [1.54, 1.807) is 0 Å². The fourth-order valence-electron chi connectivity index (χ4n) is 1.95. The van der Waals surface area contributed by atoms with Crippen LogP contribution >= 0.6 is 0 Å². The summed E-state index contributed by atoms with van der Waals surface area (Å²) in [5.74, 6) is -0.000228. The van der Waals surface area contributed by atoms with Gasteiger partial charge in [0, 0.05) is 24.2 Å². The molecule has 6 N–H and O–H groups in total. The SMILES string of the molecule is Nc1nc(=O)n([C@H]2CC(N)[C@@H](CO)O2)cc1CO. The summed E-state index contributed by atoms with van der Waals surface area (Å²) in [6, 6.07) is -0.345. The molecule has 0 aliphatic carbocycles. The van der Waals surface area contributed by atoms with E-state index in [0.29, 0.717) is 12.0 Å². The molecule has 1 aromatic rings. The lowest BCUT2D eigenvalue weighted by atomic mass is 10.1. The lowest BCUT2D eigenvalue weighted by Gasteiger charge is -2.15. The first-order chi connectivity index (χ1) is 8.56. The van der Waals surface area contributed by atoms with Crippen LogP contribution in [-0.2, 0) is 11.3 Å². The molecule has 1 fully saturated rings. The van der Waals surface area contributed by atoms with E-state index >= 15 is 0 Å². The van der Waals surface area contributed by atoms with Crippen molar-refractivity contribution in [1.82, 2.24) is 9.55 Å². The van der Waals surface area contributed by atoms with Crippen LogP contribution in [0, 0.1) is 0 Å². The van der Waals surface area contributed by atoms with Crippen LogP contribution in [0.5, 0.6) is 0 Å². The minimum absolute atomic E-state index is 0.000228. The molecule has 0 bridgehead atoms. The topological polar surface area (TPSA) is 137 Å². The Morgan fingerprint density at radius 2 is 2.28 bits per heavy atom. The highest BCUT2D eigenvalue weighted by molar-refractivity contribution is 5.36. The molecule has 1 unspecified atom stereocenters. The fourth-order valence-corrected chi connectivity index (χ4v) is 1.95. The van der Waals surface area contributed by atoms with Gasteiger partial charge in [-0.05, 0) is 0 Å². The molecule has 3 atom stereocenters. The molecule has 0 radical (unpaired) electrons. The smallest absolute Gasteiger partial charge is 0.351 e. The number of rotatable bonds is 3. The third kappa shape index (κ3) is 2.23. The second kappa shape index (κ2) is 5.02. The number of hydrogen-bond acceptors (Lipinski definition) is 7. The molecule has 2 heterocycles. The minimum atomic E-state index is -0.594. The lowest BCUT2D eigenvalue weighted by Crippen LogP contribution is -2.32. The van der Waals surface area contributed by atoms with Gasteiger partial charge in [-0.25, -0.2) is 4.79 Å². The second-order valence-electron chi connectivity index (χ2n) is 4.21. The Bertz CT molecular complexity index is 489. The second-order valence-corrected chi connectivity index (χ2v) is 4.21. The van der Waals surface area contributed by atoms with E-state index < -0.39 is 18.0 Å². The van der Waals surface area contributed by atoms with E-state index in [-0.39, 0.29) is 25.1 Å². The van der Waals surface area contributed by atoms with E-state index in [0.717, 1.165) is 0 Å². The summed E-state index contributed by atoms with van der Waals surface area (Å²) in [6.45, 7) is -0.525. The Kier molecular flexibility index (Phi) is 3.62. The normalized spacial score (nSPS) is 27.6. The Morgan fingerprint density at radius 1 is 1.56 bits per heavy atom. The molecule has 1 saturated heterocycles. The predicted molar refractivity (Wildman–Crippen MR) is 62.4 cm³/mol. The molecule has 0 aromatic carbocycles. The summed E-state index contributed by atoms with van der Waals surface area (Å²) in [4.78, 5) is 15.3. The molecule has 2 rings (SSSR count). The molecule has 1 aliphatic rings. The molecule has 1 aliphatic heterocycles. The third-order valence-electron chi connectivity index (χ3n) is 3.00. The van der Waals surface area contributed by atoms with Crippen molar-refractivity contribution in [3.63, 3.8) is 0 Å². The molecule has 8 heteroatoms. The number of aliphatic hydroxyl groups is 2. The van der Waals surface area contributed by atoms with Gasteiger partial charge in [0.2, 0.25) is 0 Å². The zero-order chi connectivity index (χ0) is 13.3. The average Bonchev–Trinajstić information content (AvgIpc) is 2.70. The first-order valence-corrected chi connectivity index (χ1v) is 5.57. The zero-order valence-corrected chi connectivity index (χ0v) is 9.69. The highest BCUT2D eigenvalue weighted by Crippen LogP contribution is 2.26. The number of hydrogen-bond donors (Lipinski definition) is 4. The van der Waals surface area contributed by atoms with Gasteiger partial charge in [-0.15, -0.1) is 0 Å². The quantitative estimate of drug-likeness (QED) is 0.487. The maximum absolute atomic E-state index is 11.7. The van der Waals surface area contributed by atoms with Crippen molar-refractivity contribution in [3.8, 4) is 0 Å². The summed E-state index contributed by atoms with van der Waals surface area (Å²) in [6.07, 6.45) is 0.698. The number of aromatic nitrogens is 2. The largest absolute Gasteiger partial charge is 0.394 e. The van der Waals surface area contributed by atoms with Crippen LogP contribution in [0.15, 0.2) is 11.0 Å². The summed E-state index contributed by atoms with van der Waals surface area (Å²) in [7, 11) is 0. The Balaban J connectivity index is 2.32. The maximum Gasteiger partial charge on any atom is 0.351 e. The summed E-state index contributed by atoms with van der Waals surface area (Å²) < 4.78 is 6.69. The summed E-state index contributed by atoms with van der Waals surface area (Å²) in [5.41, 5.74) is 11.0. The molecule has 1 aromatic heterocycles. The fraction of sp³-hybridized carbons (Fsp3) is 0.600. The standard InChI is InChI=1S/C10H16N4O4/c11-6-1-8(18-7(6)4-16)14-2-5(3-15)9(12)13-10(14)17/h2,6-8,15-16H,1,3-4,11H2,(H2,12,13,17)/t6?,7-,8-/m1/s1. The van der Waals surface area contributed by atoms with Crippen molar-refractivity contribution in [2.24, 2.45) is 5.73 Å². The van der Waals surface area contributed by atoms with Gasteiger partial charge in [-0.3, -0.25) is 4.57 Å². The van der Waals surface area contributed by atoms with Gasteiger partial charge in [0.15, 0.2) is 0 Å². The summed E-state index contributed by atoms with van der Waals surface area (Å²) in [5, 5.41) is 18.1. The van der Waals surface area contributed by atoms with Gasteiger partial charge in [0.1, 0.15) is 12.0 Å². The van der Waals surface area contributed by atoms with E-state index in [2.05, 4.69) is 4.98 Å². The number of nitrogen functional groups attached to an aromatic ring is 1. The number of nitrogens with two attached hydrogens (primary N) is 2. The van der Waals surface area contributed by atoms with E-state index in [4.69, 9.17) is 26.4 Å². The van der Waals surface area contributed by atoms with E-state index in [1.807, 2.05) is 0 Å². The van der Waals surface area contributed by atoms with Crippen molar-refractivity contribution in [3.05, 3.63) is 22.2 Å². The molecule has 0 spiro atoms. The molecule has 18 heavy (non-hydrogen) atoms. The van der Waals surface area contributed by atoms with Crippen LogP contribution in [0.1, 0.15) is 18.2 Å². The van der Waals surface area contributed by atoms with Crippen molar-refractivity contribution in [2.45, 2.75) is 31.4 Å². The Morgan fingerprint density at radius 3 is 2.83 bits per heavy atom. The van der Waals surface area contributed by atoms with Crippen LogP contribution in [0.2, 0.25) is 0 Å². The molecular weight excluding hydrogens is 240 g/mol. The van der Waals surface area contributed by atoms with Gasteiger partial charge >= 0.3 is 5.69 Å². The third-order valence-corrected chi connectivity index (χ3v) is 3.00. The van der Waals surface area contributed by atoms with Crippen molar-refractivity contribution >= 4 is 5.82 Å². The number of anilines is 1. The Labute approximate surface area is 103 Å². The monoisotopic (exact) mass is 256 g/mol. The van der Waals surface area contributed by atoms with Crippen molar-refractivity contribution in [2.75, 3.05) is 12.3 Å². The van der Waals surface area contributed by atoms with Gasteiger partial charge in [0.05, 0.1) is 19.3 Å². The van der Waals surface area contributed by atoms with Gasteiger partial charge in [0.25, 0.3) is 0 Å². The van der Waals surface area contributed by atoms with E-state index in [9.17, 15) is 4.79 Å². The zero-order valence-electron chi connectivity index (χ0n) is 9.69. The first-order valence-electron chi connectivity index (χ1n) is 5.57. The van der Waals surface area contributed by atoms with Crippen LogP contribution in [0.25, 0.3) is 0 Å². The number of aliphatic hydroxyl groups excluding tert-OH is 2. The van der Waals surface area contributed by atoms with Crippen LogP contribution in [0.3, 0.4) is 0 Å². The van der Waals surface area contributed by atoms with Crippen LogP contribution in [-0.4, -0.2) is 38.5 Å². The minimum Gasteiger partial charge on any atom is -0.394 e. The Hall–Kier alpha value is -1.48. The molecule has 0 saturated carbocycles. The molecular formula is C10H16N4O4. The molecule has 100 valence electrons. The van der Waals surface area contributed by atoms with Gasteiger partial charge in [-0.2, -0.15) is 4.98 Å². The number of ether oxygens (including phenoxy) is 1. The summed E-state index contributed by atoms with van der Waals surface area (Å²) >= 11 is 0. The highest BCUT2D eigenvalue weighted by atomic mass is 16.5. The molecule has 0 amide bonds. The van der Waals surface area contributed by atoms with Gasteiger partial charge in [-0.1, -0.05) is 0 Å².